The van der Waals surface area contributed by atoms with Crippen LogP contribution in [-0.4, -0.2) is 19.9 Å². The van der Waals surface area contributed by atoms with Gasteiger partial charge in [0.1, 0.15) is 0 Å². The van der Waals surface area contributed by atoms with Gasteiger partial charge in [0, 0.05) is 34.6 Å². The summed E-state index contributed by atoms with van der Waals surface area (Å²) in [5, 5.41) is 3.74. The maximum absolute atomic E-state index is 5.56. The second-order valence-corrected chi connectivity index (χ2v) is 13.8. The number of dihydropyridines is 1. The van der Waals surface area contributed by atoms with Crippen molar-refractivity contribution in [3.8, 4) is 56.2 Å². The lowest BCUT2D eigenvalue weighted by Gasteiger charge is -2.34. The van der Waals surface area contributed by atoms with Crippen molar-refractivity contribution in [2.75, 3.05) is 0 Å². The summed E-state index contributed by atoms with van der Waals surface area (Å²) in [7, 11) is 0. The van der Waals surface area contributed by atoms with Crippen LogP contribution in [0, 0.1) is 0 Å². The summed E-state index contributed by atoms with van der Waals surface area (Å²) in [5.74, 6) is 0. The van der Waals surface area contributed by atoms with Crippen molar-refractivity contribution in [3.05, 3.63) is 217 Å². The third-order valence-electron chi connectivity index (χ3n) is 9.98. The Hall–Kier alpha value is -7.24. The van der Waals surface area contributed by atoms with E-state index >= 15 is 0 Å². The molecular weight excluding hydrogens is 671 g/mol. The van der Waals surface area contributed by atoms with Crippen LogP contribution in [0.25, 0.3) is 67.4 Å². The van der Waals surface area contributed by atoms with E-state index in [0.717, 1.165) is 84.4 Å². The molecule has 1 N–H and O–H groups in total. The topological polar surface area (TPSA) is 63.6 Å². The molecule has 0 saturated carbocycles. The van der Waals surface area contributed by atoms with Crippen molar-refractivity contribution >= 4 is 11.3 Å². The monoisotopic (exact) mass is 707 g/mol. The number of hydrogen-bond acceptors (Lipinski definition) is 5. The number of hydrogen-bond donors (Lipinski definition) is 1. The fourth-order valence-corrected chi connectivity index (χ4v) is 7.25. The minimum absolute atomic E-state index is 0.588. The molecule has 0 saturated heterocycles. The second-order valence-electron chi connectivity index (χ2n) is 13.8. The van der Waals surface area contributed by atoms with Crippen molar-refractivity contribution in [2.45, 2.75) is 12.5 Å². The van der Waals surface area contributed by atoms with E-state index in [2.05, 4.69) is 152 Å². The first-order chi connectivity index (χ1) is 27.1. The van der Waals surface area contributed by atoms with E-state index in [9.17, 15) is 0 Å². The second kappa shape index (κ2) is 14.6. The Balaban J connectivity index is 1.26. The lowest BCUT2D eigenvalue weighted by Crippen LogP contribution is -2.39. The summed E-state index contributed by atoms with van der Waals surface area (Å²) in [4.78, 5) is 20.6. The molecule has 9 rings (SSSR count). The molecule has 1 aliphatic rings. The van der Waals surface area contributed by atoms with Gasteiger partial charge in [0.15, 0.2) is 0 Å². The first kappa shape index (κ1) is 33.6. The van der Waals surface area contributed by atoms with Crippen LogP contribution < -0.4 is 5.32 Å². The van der Waals surface area contributed by atoms with Crippen LogP contribution in [-0.2, 0) is 5.54 Å². The molecule has 0 spiro atoms. The van der Waals surface area contributed by atoms with Gasteiger partial charge in [-0.2, -0.15) is 0 Å². The highest BCUT2D eigenvalue weighted by atomic mass is 15.0. The zero-order valence-corrected chi connectivity index (χ0v) is 30.3. The highest BCUT2D eigenvalue weighted by Gasteiger charge is 2.31. The normalized spacial score (nSPS) is 15.1. The van der Waals surface area contributed by atoms with E-state index < -0.39 is 5.54 Å². The quantitative estimate of drug-likeness (QED) is 0.170. The van der Waals surface area contributed by atoms with Gasteiger partial charge in [0.25, 0.3) is 0 Å². The van der Waals surface area contributed by atoms with Gasteiger partial charge in [-0.25, -0.2) is 9.97 Å². The number of rotatable bonds is 8. The maximum atomic E-state index is 5.56. The lowest BCUT2D eigenvalue weighted by molar-refractivity contribution is 0.520. The Bertz CT molecular complexity index is 2660. The van der Waals surface area contributed by atoms with Crippen molar-refractivity contribution in [1.29, 1.82) is 0 Å². The molecule has 1 aliphatic heterocycles. The van der Waals surface area contributed by atoms with Crippen LogP contribution in [0.4, 0.5) is 0 Å². The van der Waals surface area contributed by atoms with Gasteiger partial charge in [-0.15, -0.1) is 0 Å². The van der Waals surface area contributed by atoms with Crippen molar-refractivity contribution in [2.24, 2.45) is 0 Å². The van der Waals surface area contributed by atoms with Crippen LogP contribution in [0.3, 0.4) is 0 Å². The SMILES string of the molecule is CC1(c2ccccn2)C=C(c2cccc(-c3nc(-c4ccccc4)c(-c4ccccc4)nc3-c3cccc(-c4ccccc4)c3)c2)C=C(c2ccccn2)N1. The fourth-order valence-electron chi connectivity index (χ4n) is 7.25. The number of aromatic nitrogens is 4. The zero-order valence-electron chi connectivity index (χ0n) is 30.3. The first-order valence-corrected chi connectivity index (χ1v) is 18.5. The van der Waals surface area contributed by atoms with E-state index in [1.165, 1.54) is 0 Å². The molecule has 1 atom stereocenters. The summed E-state index contributed by atoms with van der Waals surface area (Å²) in [5.41, 5.74) is 13.7. The number of nitrogens with one attached hydrogen (secondary N) is 1. The molecule has 5 aromatic carbocycles. The Morgan fingerprint density at radius 1 is 0.418 bits per heavy atom. The average molecular weight is 708 g/mol. The predicted molar refractivity (Wildman–Crippen MR) is 224 cm³/mol. The van der Waals surface area contributed by atoms with Gasteiger partial charge in [0.2, 0.25) is 0 Å². The van der Waals surface area contributed by atoms with Crippen molar-refractivity contribution in [1.82, 2.24) is 25.3 Å². The summed E-state index contributed by atoms with van der Waals surface area (Å²) < 4.78 is 0. The molecule has 5 heteroatoms. The lowest BCUT2D eigenvalue weighted by atomic mass is 9.86. The molecule has 0 amide bonds. The van der Waals surface area contributed by atoms with Crippen LogP contribution in [0.2, 0.25) is 0 Å². The smallest absolute Gasteiger partial charge is 0.0973 e. The largest absolute Gasteiger partial charge is 0.369 e. The third-order valence-corrected chi connectivity index (χ3v) is 9.98. The molecule has 55 heavy (non-hydrogen) atoms. The molecule has 5 nitrogen and oxygen atoms in total. The Labute approximate surface area is 321 Å². The highest BCUT2D eigenvalue weighted by Crippen LogP contribution is 2.40. The van der Waals surface area contributed by atoms with Gasteiger partial charge >= 0.3 is 0 Å². The molecule has 4 heterocycles. The van der Waals surface area contributed by atoms with Gasteiger partial charge < -0.3 is 5.32 Å². The molecule has 1 unspecified atom stereocenters. The van der Waals surface area contributed by atoms with Gasteiger partial charge in [-0.05, 0) is 77.7 Å². The van der Waals surface area contributed by atoms with E-state index in [4.69, 9.17) is 19.9 Å². The highest BCUT2D eigenvalue weighted by molar-refractivity contribution is 5.90. The summed E-state index contributed by atoms with van der Waals surface area (Å²) in [6.07, 6.45) is 8.09. The summed E-state index contributed by atoms with van der Waals surface area (Å²) in [6.45, 7) is 2.16. The maximum Gasteiger partial charge on any atom is 0.0973 e. The van der Waals surface area contributed by atoms with E-state index in [1.54, 1.807) is 0 Å². The molecular formula is C50H37N5. The van der Waals surface area contributed by atoms with Crippen LogP contribution >= 0.6 is 0 Å². The summed E-state index contributed by atoms with van der Waals surface area (Å²) >= 11 is 0. The average Bonchev–Trinajstić information content (AvgIpc) is 3.27. The van der Waals surface area contributed by atoms with Crippen LogP contribution in [0.15, 0.2) is 200 Å². The Morgan fingerprint density at radius 2 is 0.891 bits per heavy atom. The molecule has 0 bridgehead atoms. The van der Waals surface area contributed by atoms with Crippen molar-refractivity contribution < 1.29 is 0 Å². The number of benzene rings is 5. The zero-order chi connectivity index (χ0) is 37.0. The third kappa shape index (κ3) is 6.87. The minimum Gasteiger partial charge on any atom is -0.369 e. The number of allylic oxidation sites excluding steroid dienone is 2. The standard InChI is InChI=1S/C50H37N5/c1-50(45-28-12-14-30-52-45)34-42(33-44(55-50)43-27-11-13-29-51-43)39-24-16-26-41(32-39)49-48(40-25-15-23-38(31-40)35-17-5-2-6-18-35)53-46(36-19-7-3-8-20-36)47(54-49)37-21-9-4-10-22-37/h2-34,55H,1H3. The summed E-state index contributed by atoms with van der Waals surface area (Å²) in [6, 6.07) is 60.4. The van der Waals surface area contributed by atoms with E-state index in [-0.39, 0.29) is 0 Å². The fraction of sp³-hybridized carbons (Fsp3) is 0.0400. The molecule has 0 radical (unpaired) electrons. The predicted octanol–water partition coefficient (Wildman–Crippen LogP) is 11.5. The van der Waals surface area contributed by atoms with Crippen LogP contribution in [0.1, 0.15) is 23.9 Å². The Kier molecular flexibility index (Phi) is 8.94. The van der Waals surface area contributed by atoms with Crippen molar-refractivity contribution in [3.63, 3.8) is 0 Å². The van der Waals surface area contributed by atoms with Gasteiger partial charge in [-0.1, -0.05) is 140 Å². The van der Waals surface area contributed by atoms with E-state index in [0.29, 0.717) is 0 Å². The Morgan fingerprint density at radius 3 is 1.45 bits per heavy atom. The molecule has 3 aromatic heterocycles. The van der Waals surface area contributed by atoms with Gasteiger partial charge in [0.05, 0.1) is 45.4 Å². The number of pyridine rings is 2. The molecule has 0 aliphatic carbocycles. The molecule has 0 fully saturated rings. The molecule has 262 valence electrons. The van der Waals surface area contributed by atoms with E-state index in [1.807, 2.05) is 60.9 Å². The minimum atomic E-state index is -0.588. The molecule has 8 aromatic rings. The van der Waals surface area contributed by atoms with Crippen LogP contribution in [0.5, 0.6) is 0 Å². The first-order valence-electron chi connectivity index (χ1n) is 18.5. The van der Waals surface area contributed by atoms with Gasteiger partial charge in [-0.3, -0.25) is 9.97 Å². The number of nitrogens with zero attached hydrogens (tertiary/aromatic N) is 4.